The molecular weight excluding hydrogens is 176 g/mol. The standard InChI is InChI=1S/C10H18N4/c1-2-8-7-9(11)10(13-8)14-5-3-12-4-6-14/h7,12-13H,2-6,11H2,1H3. The molecule has 0 unspecified atom stereocenters. The van der Waals surface area contributed by atoms with Crippen molar-refractivity contribution in [2.75, 3.05) is 36.8 Å². The molecule has 0 radical (unpaired) electrons. The zero-order valence-corrected chi connectivity index (χ0v) is 8.64. The van der Waals surface area contributed by atoms with E-state index in [-0.39, 0.29) is 0 Å². The number of rotatable bonds is 2. The average molecular weight is 194 g/mol. The highest BCUT2D eigenvalue weighted by Gasteiger charge is 2.14. The van der Waals surface area contributed by atoms with E-state index in [1.165, 1.54) is 5.69 Å². The van der Waals surface area contributed by atoms with E-state index in [1.807, 2.05) is 6.07 Å². The van der Waals surface area contributed by atoms with Crippen LogP contribution in [0, 0.1) is 0 Å². The highest BCUT2D eigenvalue weighted by atomic mass is 15.2. The summed E-state index contributed by atoms with van der Waals surface area (Å²) in [6.45, 7) is 6.29. The SMILES string of the molecule is CCc1cc(N)c(N2CCNCC2)[nH]1. The fourth-order valence-electron chi connectivity index (χ4n) is 1.86. The number of nitrogens with two attached hydrogens (primary N) is 1. The van der Waals surface area contributed by atoms with E-state index in [0.717, 1.165) is 44.1 Å². The summed E-state index contributed by atoms with van der Waals surface area (Å²) in [6, 6.07) is 2.04. The van der Waals surface area contributed by atoms with Gasteiger partial charge in [-0.1, -0.05) is 6.92 Å². The second-order valence-corrected chi connectivity index (χ2v) is 3.69. The van der Waals surface area contributed by atoms with Crippen LogP contribution < -0.4 is 16.0 Å². The summed E-state index contributed by atoms with van der Waals surface area (Å²) in [5, 5.41) is 3.33. The van der Waals surface area contributed by atoms with E-state index < -0.39 is 0 Å². The third-order valence-electron chi connectivity index (χ3n) is 2.70. The predicted molar refractivity (Wildman–Crippen MR) is 59.7 cm³/mol. The maximum atomic E-state index is 5.95. The van der Waals surface area contributed by atoms with Crippen molar-refractivity contribution in [1.29, 1.82) is 0 Å². The Morgan fingerprint density at radius 3 is 2.71 bits per heavy atom. The van der Waals surface area contributed by atoms with E-state index in [0.29, 0.717) is 0 Å². The maximum Gasteiger partial charge on any atom is 0.129 e. The van der Waals surface area contributed by atoms with Crippen molar-refractivity contribution < 1.29 is 0 Å². The fraction of sp³-hybridized carbons (Fsp3) is 0.600. The maximum absolute atomic E-state index is 5.95. The van der Waals surface area contributed by atoms with Gasteiger partial charge in [-0.25, -0.2) is 0 Å². The van der Waals surface area contributed by atoms with Crippen molar-refractivity contribution in [2.45, 2.75) is 13.3 Å². The van der Waals surface area contributed by atoms with Gasteiger partial charge in [-0.15, -0.1) is 0 Å². The third-order valence-corrected chi connectivity index (χ3v) is 2.70. The summed E-state index contributed by atoms with van der Waals surface area (Å²) >= 11 is 0. The van der Waals surface area contributed by atoms with Gasteiger partial charge in [-0.2, -0.15) is 0 Å². The van der Waals surface area contributed by atoms with Crippen LogP contribution in [0.1, 0.15) is 12.6 Å². The third kappa shape index (κ3) is 1.70. The highest BCUT2D eigenvalue weighted by molar-refractivity contribution is 5.65. The number of nitrogens with one attached hydrogen (secondary N) is 2. The molecule has 1 fully saturated rings. The molecule has 0 spiro atoms. The Balaban J connectivity index is 2.17. The van der Waals surface area contributed by atoms with Gasteiger partial charge in [0, 0.05) is 31.9 Å². The average Bonchev–Trinajstić information content (AvgIpc) is 2.61. The zero-order valence-electron chi connectivity index (χ0n) is 8.64. The molecule has 0 saturated carbocycles. The Hall–Kier alpha value is -1.16. The smallest absolute Gasteiger partial charge is 0.129 e. The van der Waals surface area contributed by atoms with Crippen LogP contribution >= 0.6 is 0 Å². The van der Waals surface area contributed by atoms with Crippen molar-refractivity contribution in [1.82, 2.24) is 10.3 Å². The Labute approximate surface area is 84.5 Å². The van der Waals surface area contributed by atoms with E-state index in [4.69, 9.17) is 5.73 Å². The van der Waals surface area contributed by atoms with Gasteiger partial charge >= 0.3 is 0 Å². The summed E-state index contributed by atoms with van der Waals surface area (Å²) in [5.74, 6) is 1.10. The minimum atomic E-state index is 0.878. The Bertz CT molecular complexity index is 299. The van der Waals surface area contributed by atoms with Crippen LogP contribution in [-0.2, 0) is 6.42 Å². The van der Waals surface area contributed by atoms with Crippen LogP contribution in [0.2, 0.25) is 0 Å². The molecule has 0 amide bonds. The molecule has 14 heavy (non-hydrogen) atoms. The van der Waals surface area contributed by atoms with Crippen molar-refractivity contribution in [3.05, 3.63) is 11.8 Å². The topological polar surface area (TPSA) is 57.1 Å². The number of nitrogen functional groups attached to an aromatic ring is 1. The molecule has 1 saturated heterocycles. The van der Waals surface area contributed by atoms with Crippen molar-refractivity contribution in [3.63, 3.8) is 0 Å². The predicted octanol–water partition coefficient (Wildman–Crippen LogP) is 0.569. The Kier molecular flexibility index (Phi) is 2.63. The molecule has 1 aliphatic heterocycles. The highest BCUT2D eigenvalue weighted by Crippen LogP contribution is 2.23. The zero-order chi connectivity index (χ0) is 9.97. The number of aromatic amines is 1. The number of H-pyrrole nitrogens is 1. The summed E-state index contributed by atoms with van der Waals surface area (Å²) in [4.78, 5) is 5.68. The lowest BCUT2D eigenvalue weighted by Crippen LogP contribution is -2.43. The van der Waals surface area contributed by atoms with Crippen LogP contribution in [0.3, 0.4) is 0 Å². The van der Waals surface area contributed by atoms with Crippen molar-refractivity contribution in [3.8, 4) is 0 Å². The Morgan fingerprint density at radius 1 is 1.43 bits per heavy atom. The van der Waals surface area contributed by atoms with Crippen molar-refractivity contribution in [2.24, 2.45) is 0 Å². The molecule has 0 aliphatic carbocycles. The van der Waals surface area contributed by atoms with Gasteiger partial charge in [0.15, 0.2) is 0 Å². The number of anilines is 2. The van der Waals surface area contributed by atoms with Gasteiger partial charge < -0.3 is 20.9 Å². The van der Waals surface area contributed by atoms with Crippen LogP contribution in [-0.4, -0.2) is 31.2 Å². The van der Waals surface area contributed by atoms with E-state index in [2.05, 4.69) is 22.1 Å². The van der Waals surface area contributed by atoms with Crippen LogP contribution in [0.25, 0.3) is 0 Å². The van der Waals surface area contributed by atoms with E-state index in [9.17, 15) is 0 Å². The number of aryl methyl sites for hydroxylation is 1. The number of piperazine rings is 1. The molecule has 2 rings (SSSR count). The first kappa shape index (κ1) is 9.40. The minimum Gasteiger partial charge on any atom is -0.396 e. The molecule has 0 atom stereocenters. The van der Waals surface area contributed by atoms with Crippen LogP contribution in [0.15, 0.2) is 6.07 Å². The first-order valence-electron chi connectivity index (χ1n) is 5.24. The summed E-state index contributed by atoms with van der Waals surface area (Å²) in [5.41, 5.74) is 8.05. The van der Waals surface area contributed by atoms with Gasteiger partial charge in [0.1, 0.15) is 5.82 Å². The first-order valence-corrected chi connectivity index (χ1v) is 5.24. The molecule has 2 heterocycles. The normalized spacial score (nSPS) is 17.4. The molecule has 78 valence electrons. The summed E-state index contributed by atoms with van der Waals surface area (Å²) in [7, 11) is 0. The summed E-state index contributed by atoms with van der Waals surface area (Å²) < 4.78 is 0. The second-order valence-electron chi connectivity index (χ2n) is 3.69. The molecule has 4 nitrogen and oxygen atoms in total. The second kappa shape index (κ2) is 3.92. The molecule has 0 bridgehead atoms. The monoisotopic (exact) mass is 194 g/mol. The lowest BCUT2D eigenvalue weighted by atomic mass is 10.3. The molecular formula is C10H18N4. The van der Waals surface area contributed by atoms with Crippen LogP contribution in [0.5, 0.6) is 0 Å². The molecule has 0 aromatic carbocycles. The van der Waals surface area contributed by atoms with Gasteiger partial charge in [0.2, 0.25) is 0 Å². The lowest BCUT2D eigenvalue weighted by Gasteiger charge is -2.28. The number of aromatic nitrogens is 1. The lowest BCUT2D eigenvalue weighted by molar-refractivity contribution is 0.586. The minimum absolute atomic E-state index is 0.878. The van der Waals surface area contributed by atoms with Gasteiger partial charge in [-0.3, -0.25) is 0 Å². The number of hydrogen-bond acceptors (Lipinski definition) is 3. The van der Waals surface area contributed by atoms with E-state index in [1.54, 1.807) is 0 Å². The molecule has 4 heteroatoms. The van der Waals surface area contributed by atoms with Gasteiger partial charge in [0.05, 0.1) is 5.69 Å². The van der Waals surface area contributed by atoms with Crippen LogP contribution in [0.4, 0.5) is 11.5 Å². The molecule has 1 aromatic heterocycles. The van der Waals surface area contributed by atoms with Gasteiger partial charge in [0.25, 0.3) is 0 Å². The van der Waals surface area contributed by atoms with Gasteiger partial charge in [-0.05, 0) is 12.5 Å². The largest absolute Gasteiger partial charge is 0.396 e. The van der Waals surface area contributed by atoms with Crippen molar-refractivity contribution >= 4 is 11.5 Å². The molecule has 4 N–H and O–H groups in total. The quantitative estimate of drug-likeness (QED) is 0.645. The van der Waals surface area contributed by atoms with E-state index >= 15 is 0 Å². The Morgan fingerprint density at radius 2 is 2.14 bits per heavy atom. The number of hydrogen-bond donors (Lipinski definition) is 3. The summed E-state index contributed by atoms with van der Waals surface area (Å²) in [6.07, 6.45) is 1.01. The number of nitrogens with zero attached hydrogens (tertiary/aromatic N) is 1. The molecule has 1 aromatic rings. The fourth-order valence-corrected chi connectivity index (χ4v) is 1.86. The first-order chi connectivity index (χ1) is 6.81. The molecule has 1 aliphatic rings.